The lowest BCUT2D eigenvalue weighted by molar-refractivity contribution is 0.569. The molecule has 1 aromatic heterocycles. The number of benzene rings is 11. The van der Waals surface area contributed by atoms with Gasteiger partial charge in [-0.15, -0.1) is 0 Å². The van der Waals surface area contributed by atoms with E-state index in [9.17, 15) is 0 Å². The maximum atomic E-state index is 6.38. The van der Waals surface area contributed by atoms with Gasteiger partial charge in [0, 0.05) is 27.6 Å². The minimum absolute atomic E-state index is 0.0245. The Morgan fingerprint density at radius 3 is 1.62 bits per heavy atom. The molecule has 0 aliphatic rings. The zero-order chi connectivity index (χ0) is 49.1. The van der Waals surface area contributed by atoms with Gasteiger partial charge >= 0.3 is 0 Å². The Bertz CT molecular complexity index is 3950. The molecule has 0 amide bonds. The van der Waals surface area contributed by atoms with Gasteiger partial charge in [0.05, 0.1) is 11.4 Å². The predicted octanol–water partition coefficient (Wildman–Crippen LogP) is 20.3. The van der Waals surface area contributed by atoms with Crippen LogP contribution >= 0.6 is 0 Å². The second kappa shape index (κ2) is 17.7. The molecular weight excluding hydrogens is 871 g/mol. The number of nitrogens with zero attached hydrogens (tertiary/aromatic N) is 1. The number of hydrogen-bond donors (Lipinski definition) is 0. The van der Waals surface area contributed by atoms with Gasteiger partial charge in [0.15, 0.2) is 0 Å². The van der Waals surface area contributed by atoms with E-state index in [0.717, 1.165) is 72.4 Å². The average Bonchev–Trinajstić information content (AvgIpc) is 3.78. The maximum absolute atomic E-state index is 6.38. The molecule has 0 saturated heterocycles. The highest BCUT2D eigenvalue weighted by atomic mass is 16.3. The van der Waals surface area contributed by atoms with Crippen LogP contribution in [0, 0.1) is 0 Å². The number of furan rings is 1. The molecule has 0 saturated carbocycles. The van der Waals surface area contributed by atoms with Crippen LogP contribution in [0.3, 0.4) is 0 Å². The number of hydrogen-bond acceptors (Lipinski definition) is 2. The molecule has 2 heteroatoms. The van der Waals surface area contributed by atoms with Crippen LogP contribution in [0.4, 0.5) is 17.1 Å². The zero-order valence-electron chi connectivity index (χ0n) is 41.9. The van der Waals surface area contributed by atoms with Gasteiger partial charge in [-0.1, -0.05) is 236 Å². The molecule has 348 valence electrons. The van der Waals surface area contributed by atoms with E-state index in [4.69, 9.17) is 4.42 Å². The van der Waals surface area contributed by atoms with Gasteiger partial charge in [-0.3, -0.25) is 0 Å². The summed E-state index contributed by atoms with van der Waals surface area (Å²) in [4.78, 5) is 2.50. The summed E-state index contributed by atoms with van der Waals surface area (Å²) in [6.45, 7) is 13.9. The summed E-state index contributed by atoms with van der Waals surface area (Å²) >= 11 is 0. The first-order valence-electron chi connectivity index (χ1n) is 25.2. The first-order valence-corrected chi connectivity index (χ1v) is 25.2. The molecule has 0 aliphatic carbocycles. The largest absolute Gasteiger partial charge is 0.456 e. The number of para-hydroxylation sites is 2. The molecule has 0 fully saturated rings. The van der Waals surface area contributed by atoms with Crippen LogP contribution in [0.2, 0.25) is 0 Å². The van der Waals surface area contributed by atoms with E-state index in [0.29, 0.717) is 0 Å². The Kier molecular flexibility index (Phi) is 11.0. The third kappa shape index (κ3) is 8.13. The maximum Gasteiger partial charge on any atom is 0.136 e. The highest BCUT2D eigenvalue weighted by Gasteiger charge is 2.25. The highest BCUT2D eigenvalue weighted by Crippen LogP contribution is 2.49. The van der Waals surface area contributed by atoms with Gasteiger partial charge in [-0.2, -0.15) is 0 Å². The van der Waals surface area contributed by atoms with Crippen molar-refractivity contribution in [2.75, 3.05) is 4.90 Å². The standard InChI is InChI=1S/C70H57NO/c1-69(2,3)53-41-52(42-54(45-53)70(4,5)6)59-29-17-23-49-24-18-30-63(68(49)59)60-26-12-14-31-64(60)71(55-37-33-46(34-38-55)50-35-40-62-61-27-13-15-32-66(61)72-67(62)44-50)65-43-51(36-39-58(65)48-19-8-7-9-20-48)57-28-16-22-47-21-10-11-25-56(47)57/h7-45H,1-6H3. The molecular formula is C70H57NO. The van der Waals surface area contributed by atoms with Crippen molar-refractivity contribution in [3.63, 3.8) is 0 Å². The normalized spacial score (nSPS) is 12.0. The molecule has 2 nitrogen and oxygen atoms in total. The topological polar surface area (TPSA) is 16.4 Å². The summed E-state index contributed by atoms with van der Waals surface area (Å²) in [7, 11) is 0. The molecule has 72 heavy (non-hydrogen) atoms. The summed E-state index contributed by atoms with van der Waals surface area (Å²) in [5.41, 5.74) is 19.3. The van der Waals surface area contributed by atoms with Crippen LogP contribution in [0.15, 0.2) is 241 Å². The molecule has 0 N–H and O–H groups in total. The van der Waals surface area contributed by atoms with Crippen LogP contribution in [0.1, 0.15) is 52.7 Å². The molecule has 12 aromatic rings. The summed E-state index contributed by atoms with van der Waals surface area (Å²) in [5, 5.41) is 7.15. The van der Waals surface area contributed by atoms with E-state index in [2.05, 4.69) is 271 Å². The Hall–Kier alpha value is -8.46. The van der Waals surface area contributed by atoms with Crippen molar-refractivity contribution in [1.82, 2.24) is 0 Å². The number of fused-ring (bicyclic) bond motifs is 5. The fourth-order valence-corrected chi connectivity index (χ4v) is 10.7. The summed E-state index contributed by atoms with van der Waals surface area (Å²) < 4.78 is 6.38. The van der Waals surface area contributed by atoms with E-state index in [1.807, 2.05) is 12.1 Å². The fourth-order valence-electron chi connectivity index (χ4n) is 10.7. The molecule has 0 radical (unpaired) electrons. The number of anilines is 3. The van der Waals surface area contributed by atoms with Crippen molar-refractivity contribution in [3.05, 3.63) is 248 Å². The average molecular weight is 928 g/mol. The molecule has 0 atom stereocenters. The summed E-state index contributed by atoms with van der Waals surface area (Å²) in [6, 6.07) is 87.1. The fraction of sp³-hybridized carbons (Fsp3) is 0.114. The van der Waals surface area contributed by atoms with Crippen molar-refractivity contribution in [3.8, 4) is 55.6 Å². The molecule has 0 spiro atoms. The van der Waals surface area contributed by atoms with Gasteiger partial charge in [-0.25, -0.2) is 0 Å². The van der Waals surface area contributed by atoms with Crippen molar-refractivity contribution < 1.29 is 4.42 Å². The van der Waals surface area contributed by atoms with Crippen molar-refractivity contribution in [1.29, 1.82) is 0 Å². The van der Waals surface area contributed by atoms with Gasteiger partial charge in [-0.05, 0) is 130 Å². The first kappa shape index (κ1) is 44.7. The SMILES string of the molecule is CC(C)(C)c1cc(-c2cccc3cccc(-c4ccccc4N(c4ccc(-c5ccc6c(c5)oc5ccccc56)cc4)c4cc(-c5cccc6ccccc56)ccc4-c4ccccc4)c23)cc(C(C)(C)C)c1. The van der Waals surface area contributed by atoms with E-state index in [1.165, 1.54) is 54.9 Å². The van der Waals surface area contributed by atoms with E-state index >= 15 is 0 Å². The molecule has 12 rings (SSSR count). The minimum atomic E-state index is -0.0245. The van der Waals surface area contributed by atoms with Gasteiger partial charge in [0.25, 0.3) is 0 Å². The highest BCUT2D eigenvalue weighted by molar-refractivity contribution is 6.10. The second-order valence-corrected chi connectivity index (χ2v) is 21.3. The number of rotatable bonds is 8. The second-order valence-electron chi connectivity index (χ2n) is 21.3. The third-order valence-electron chi connectivity index (χ3n) is 14.6. The lowest BCUT2D eigenvalue weighted by Gasteiger charge is -2.31. The monoisotopic (exact) mass is 927 g/mol. The Labute approximate surface area is 423 Å². The lowest BCUT2D eigenvalue weighted by atomic mass is 9.78. The van der Waals surface area contributed by atoms with Crippen molar-refractivity contribution >= 4 is 60.5 Å². The van der Waals surface area contributed by atoms with Crippen LogP contribution in [-0.2, 0) is 10.8 Å². The quantitative estimate of drug-likeness (QED) is 0.151. The lowest BCUT2D eigenvalue weighted by Crippen LogP contribution is -2.16. The van der Waals surface area contributed by atoms with Crippen molar-refractivity contribution in [2.24, 2.45) is 0 Å². The molecule has 11 aromatic carbocycles. The Morgan fingerprint density at radius 2 is 0.875 bits per heavy atom. The first-order chi connectivity index (χ1) is 35.0. The van der Waals surface area contributed by atoms with Gasteiger partial charge < -0.3 is 9.32 Å². The molecule has 0 bridgehead atoms. The Morgan fingerprint density at radius 1 is 0.306 bits per heavy atom. The molecule has 1 heterocycles. The third-order valence-corrected chi connectivity index (χ3v) is 14.6. The predicted molar refractivity (Wildman–Crippen MR) is 308 cm³/mol. The Balaban J connectivity index is 1.10. The minimum Gasteiger partial charge on any atom is -0.456 e. The van der Waals surface area contributed by atoms with Gasteiger partial charge in [0.1, 0.15) is 11.2 Å². The van der Waals surface area contributed by atoms with E-state index in [-0.39, 0.29) is 10.8 Å². The zero-order valence-corrected chi connectivity index (χ0v) is 41.9. The van der Waals surface area contributed by atoms with E-state index in [1.54, 1.807) is 0 Å². The van der Waals surface area contributed by atoms with E-state index < -0.39 is 0 Å². The summed E-state index contributed by atoms with van der Waals surface area (Å²) in [6.07, 6.45) is 0. The molecule has 0 unspecified atom stereocenters. The van der Waals surface area contributed by atoms with Crippen LogP contribution in [0.5, 0.6) is 0 Å². The van der Waals surface area contributed by atoms with Crippen LogP contribution in [0.25, 0.3) is 99.1 Å². The van der Waals surface area contributed by atoms with Gasteiger partial charge in [0.2, 0.25) is 0 Å². The van der Waals surface area contributed by atoms with Crippen LogP contribution in [-0.4, -0.2) is 0 Å². The van der Waals surface area contributed by atoms with Crippen LogP contribution < -0.4 is 4.90 Å². The van der Waals surface area contributed by atoms with Crippen molar-refractivity contribution in [2.45, 2.75) is 52.4 Å². The summed E-state index contributed by atoms with van der Waals surface area (Å²) in [5.74, 6) is 0. The molecule has 0 aliphatic heterocycles. The smallest absolute Gasteiger partial charge is 0.136 e.